The molecule has 1 atom stereocenters. The number of benzene rings is 2. The Morgan fingerprint density at radius 1 is 1.17 bits per heavy atom. The third-order valence-electron chi connectivity index (χ3n) is 3.95. The second-order valence-corrected chi connectivity index (χ2v) is 8.16. The summed E-state index contributed by atoms with van der Waals surface area (Å²) in [7, 11) is -3.76. The van der Waals surface area contributed by atoms with Gasteiger partial charge in [0.15, 0.2) is 6.10 Å². The highest BCUT2D eigenvalue weighted by molar-refractivity contribution is 7.89. The Kier molecular flexibility index (Phi) is 7.61. The molecule has 0 unspecified atom stereocenters. The number of aryl methyl sites for hydroxylation is 1. The largest absolute Gasteiger partial charge is 0.452 e. The van der Waals surface area contributed by atoms with Gasteiger partial charge in [-0.15, -0.1) is 0 Å². The van der Waals surface area contributed by atoms with Crippen LogP contribution in [0.5, 0.6) is 0 Å². The summed E-state index contributed by atoms with van der Waals surface area (Å²) in [5, 5.41) is 13.2. The highest BCUT2D eigenvalue weighted by Crippen LogP contribution is 2.17. The number of sulfonamides is 1. The number of nitro groups is 1. The Morgan fingerprint density at radius 2 is 1.83 bits per heavy atom. The van der Waals surface area contributed by atoms with Crippen LogP contribution in [0.2, 0.25) is 0 Å². The van der Waals surface area contributed by atoms with Gasteiger partial charge in [-0.3, -0.25) is 19.7 Å². The summed E-state index contributed by atoms with van der Waals surface area (Å²) in [4.78, 5) is 34.2. The molecule has 0 fully saturated rings. The minimum absolute atomic E-state index is 0.0752. The zero-order chi connectivity index (χ0) is 22.3. The number of rotatable bonds is 9. The molecule has 1 amide bonds. The average Bonchev–Trinajstić information content (AvgIpc) is 2.68. The monoisotopic (exact) mass is 435 g/mol. The molecule has 0 saturated heterocycles. The standard InChI is InChI=1S/C19H21N3O7S/c1-13-6-8-17(9-7-13)30(27,28)20-11-10-18(23)29-14(2)19(24)21-15-4-3-5-16(12-15)22(25)26/h3-9,12,14,20H,10-11H2,1-2H3,(H,21,24)/t14-/m0/s1. The summed E-state index contributed by atoms with van der Waals surface area (Å²) in [6.07, 6.45) is -1.45. The van der Waals surface area contributed by atoms with Crippen LogP contribution in [0.4, 0.5) is 11.4 Å². The Labute approximate surface area is 173 Å². The molecule has 0 bridgehead atoms. The summed E-state index contributed by atoms with van der Waals surface area (Å²) in [6.45, 7) is 2.96. The number of nitrogens with zero attached hydrogens (tertiary/aromatic N) is 1. The summed E-state index contributed by atoms with van der Waals surface area (Å²) < 4.78 is 31.6. The summed E-state index contributed by atoms with van der Waals surface area (Å²) >= 11 is 0. The van der Waals surface area contributed by atoms with Gasteiger partial charge in [-0.25, -0.2) is 13.1 Å². The van der Waals surface area contributed by atoms with E-state index in [-0.39, 0.29) is 29.2 Å². The van der Waals surface area contributed by atoms with Gasteiger partial charge in [0.05, 0.1) is 16.2 Å². The van der Waals surface area contributed by atoms with E-state index in [2.05, 4.69) is 10.0 Å². The Morgan fingerprint density at radius 3 is 2.47 bits per heavy atom. The van der Waals surface area contributed by atoms with Crippen LogP contribution in [0.15, 0.2) is 53.4 Å². The van der Waals surface area contributed by atoms with Crippen LogP contribution in [0.1, 0.15) is 18.9 Å². The second kappa shape index (κ2) is 9.94. The smallest absolute Gasteiger partial charge is 0.307 e. The van der Waals surface area contributed by atoms with Crippen molar-refractivity contribution >= 4 is 33.3 Å². The number of esters is 1. The van der Waals surface area contributed by atoms with E-state index in [0.29, 0.717) is 0 Å². The van der Waals surface area contributed by atoms with Crippen molar-refractivity contribution in [2.45, 2.75) is 31.3 Å². The van der Waals surface area contributed by atoms with Gasteiger partial charge in [0.1, 0.15) is 0 Å². The van der Waals surface area contributed by atoms with Gasteiger partial charge >= 0.3 is 5.97 Å². The lowest BCUT2D eigenvalue weighted by atomic mass is 10.2. The maximum Gasteiger partial charge on any atom is 0.307 e. The lowest BCUT2D eigenvalue weighted by molar-refractivity contribution is -0.384. The number of anilines is 1. The molecular weight excluding hydrogens is 414 g/mol. The SMILES string of the molecule is Cc1ccc(S(=O)(=O)NCCC(=O)O[C@@H](C)C(=O)Nc2cccc([N+](=O)[O-])c2)cc1. The van der Waals surface area contributed by atoms with E-state index in [1.807, 2.05) is 6.92 Å². The molecule has 11 heteroatoms. The second-order valence-electron chi connectivity index (χ2n) is 6.39. The van der Waals surface area contributed by atoms with E-state index in [1.54, 1.807) is 12.1 Å². The van der Waals surface area contributed by atoms with E-state index < -0.39 is 32.9 Å². The van der Waals surface area contributed by atoms with Crippen molar-refractivity contribution in [3.05, 3.63) is 64.2 Å². The molecule has 0 aliphatic carbocycles. The normalized spacial score (nSPS) is 12.1. The van der Waals surface area contributed by atoms with Crippen molar-refractivity contribution in [2.24, 2.45) is 0 Å². The first-order valence-electron chi connectivity index (χ1n) is 8.89. The lowest BCUT2D eigenvalue weighted by Gasteiger charge is -2.14. The zero-order valence-electron chi connectivity index (χ0n) is 16.3. The molecular formula is C19H21N3O7S. The van der Waals surface area contributed by atoms with Crippen molar-refractivity contribution in [3.8, 4) is 0 Å². The summed E-state index contributed by atoms with van der Waals surface area (Å²) in [5.74, 6) is -1.45. The molecule has 2 rings (SSSR count). The van der Waals surface area contributed by atoms with Crippen molar-refractivity contribution in [3.63, 3.8) is 0 Å². The van der Waals surface area contributed by atoms with Crippen LogP contribution in [0.3, 0.4) is 0 Å². The first kappa shape index (κ1) is 23.0. The molecule has 0 aliphatic heterocycles. The Hall–Kier alpha value is -3.31. The molecule has 0 heterocycles. The number of hydrogen-bond donors (Lipinski definition) is 2. The van der Waals surface area contributed by atoms with Gasteiger partial charge in [0.2, 0.25) is 10.0 Å². The van der Waals surface area contributed by atoms with Gasteiger partial charge in [-0.1, -0.05) is 23.8 Å². The van der Waals surface area contributed by atoms with E-state index in [0.717, 1.165) is 5.56 Å². The molecule has 0 aromatic heterocycles. The number of carbonyl (C=O) groups is 2. The minimum atomic E-state index is -3.76. The van der Waals surface area contributed by atoms with Crippen molar-refractivity contribution < 1.29 is 27.7 Å². The molecule has 0 spiro atoms. The molecule has 0 radical (unpaired) electrons. The fourth-order valence-corrected chi connectivity index (χ4v) is 3.37. The topological polar surface area (TPSA) is 145 Å². The van der Waals surface area contributed by atoms with Crippen LogP contribution in [-0.2, 0) is 24.3 Å². The van der Waals surface area contributed by atoms with E-state index in [9.17, 15) is 28.1 Å². The van der Waals surface area contributed by atoms with E-state index in [1.165, 1.54) is 43.3 Å². The number of nitro benzene ring substituents is 1. The van der Waals surface area contributed by atoms with E-state index in [4.69, 9.17) is 4.74 Å². The van der Waals surface area contributed by atoms with Gasteiger partial charge in [0.25, 0.3) is 11.6 Å². The Bertz CT molecular complexity index is 1040. The van der Waals surface area contributed by atoms with Gasteiger partial charge < -0.3 is 10.1 Å². The number of nitrogens with one attached hydrogen (secondary N) is 2. The van der Waals surface area contributed by atoms with Crippen molar-refractivity contribution in [1.29, 1.82) is 0 Å². The quantitative estimate of drug-likeness (QED) is 0.349. The lowest BCUT2D eigenvalue weighted by Crippen LogP contribution is -2.32. The average molecular weight is 435 g/mol. The predicted octanol–water partition coefficient (Wildman–Crippen LogP) is 2.14. The summed E-state index contributed by atoms with van der Waals surface area (Å²) in [5.41, 5.74) is 0.899. The minimum Gasteiger partial charge on any atom is -0.452 e. The molecule has 2 aromatic carbocycles. The summed E-state index contributed by atoms with van der Waals surface area (Å²) in [6, 6.07) is 11.5. The fourth-order valence-electron chi connectivity index (χ4n) is 2.34. The fraction of sp³-hybridized carbons (Fsp3) is 0.263. The van der Waals surface area contributed by atoms with Crippen LogP contribution < -0.4 is 10.0 Å². The number of carbonyl (C=O) groups excluding carboxylic acids is 2. The maximum absolute atomic E-state index is 12.2. The maximum atomic E-state index is 12.2. The highest BCUT2D eigenvalue weighted by Gasteiger charge is 2.20. The predicted molar refractivity (Wildman–Crippen MR) is 108 cm³/mol. The third-order valence-corrected chi connectivity index (χ3v) is 5.43. The van der Waals surface area contributed by atoms with Crippen molar-refractivity contribution in [2.75, 3.05) is 11.9 Å². The third kappa shape index (κ3) is 6.64. The first-order valence-corrected chi connectivity index (χ1v) is 10.4. The molecule has 160 valence electrons. The van der Waals surface area contributed by atoms with Gasteiger partial charge in [-0.2, -0.15) is 0 Å². The molecule has 30 heavy (non-hydrogen) atoms. The van der Waals surface area contributed by atoms with Crippen LogP contribution in [0.25, 0.3) is 0 Å². The number of non-ortho nitro benzene ring substituents is 1. The highest BCUT2D eigenvalue weighted by atomic mass is 32.2. The zero-order valence-corrected chi connectivity index (χ0v) is 17.1. The Balaban J connectivity index is 1.82. The molecule has 2 N–H and O–H groups in total. The number of amides is 1. The van der Waals surface area contributed by atoms with Crippen LogP contribution in [0, 0.1) is 17.0 Å². The first-order chi connectivity index (χ1) is 14.1. The molecule has 10 nitrogen and oxygen atoms in total. The molecule has 0 saturated carbocycles. The van der Waals surface area contributed by atoms with Crippen molar-refractivity contribution in [1.82, 2.24) is 4.72 Å². The van der Waals surface area contributed by atoms with Gasteiger partial charge in [0, 0.05) is 24.4 Å². The van der Waals surface area contributed by atoms with Crippen LogP contribution in [-0.4, -0.2) is 37.9 Å². The number of hydrogen-bond acceptors (Lipinski definition) is 7. The number of ether oxygens (including phenoxy) is 1. The van der Waals surface area contributed by atoms with Crippen LogP contribution >= 0.6 is 0 Å². The molecule has 2 aromatic rings. The molecule has 0 aliphatic rings. The van der Waals surface area contributed by atoms with E-state index >= 15 is 0 Å². The van der Waals surface area contributed by atoms with Gasteiger partial charge in [-0.05, 0) is 32.0 Å².